The van der Waals surface area contributed by atoms with Crippen molar-refractivity contribution in [1.82, 2.24) is 0 Å². The quantitative estimate of drug-likeness (QED) is 0.609. The minimum Gasteiger partial charge on any atom is -0.435 e. The van der Waals surface area contributed by atoms with Crippen LogP contribution in [0, 0.1) is 0 Å². The second-order valence-corrected chi connectivity index (χ2v) is 7.16. The van der Waals surface area contributed by atoms with E-state index in [4.69, 9.17) is 13.8 Å². The highest BCUT2D eigenvalue weighted by molar-refractivity contribution is 7.57. The molecular weight excluding hydrogens is 331 g/mol. The Balaban J connectivity index is 1.69. The summed E-state index contributed by atoms with van der Waals surface area (Å²) in [5.74, 6) is 1.74. The van der Waals surface area contributed by atoms with Gasteiger partial charge in [-0.3, -0.25) is 0 Å². The average Bonchev–Trinajstić information content (AvgIpc) is 2.67. The molecule has 0 saturated heterocycles. The van der Waals surface area contributed by atoms with Crippen LogP contribution in [-0.2, 0) is 11.2 Å². The van der Waals surface area contributed by atoms with Crippen molar-refractivity contribution >= 4 is 13.7 Å². The fourth-order valence-electron chi connectivity index (χ4n) is 2.94. The van der Waals surface area contributed by atoms with Gasteiger partial charge in [-0.1, -0.05) is 54.6 Å². The minimum atomic E-state index is -1.22. The summed E-state index contributed by atoms with van der Waals surface area (Å²) < 4.78 is 17.8. The largest absolute Gasteiger partial charge is 0.435 e. The van der Waals surface area contributed by atoms with Gasteiger partial charge in [-0.05, 0) is 35.7 Å². The van der Waals surface area contributed by atoms with Crippen molar-refractivity contribution in [3.05, 3.63) is 78.4 Å². The van der Waals surface area contributed by atoms with Crippen LogP contribution in [0.1, 0.15) is 5.56 Å². The fraction of sp³-hybridized carbons (Fsp3) is 0.143. The Morgan fingerprint density at radius 2 is 1.56 bits per heavy atom. The molecule has 4 rings (SSSR count). The van der Waals surface area contributed by atoms with Crippen molar-refractivity contribution in [2.24, 2.45) is 0 Å². The van der Waals surface area contributed by atoms with Crippen LogP contribution in [-0.4, -0.2) is 13.7 Å². The van der Waals surface area contributed by atoms with Gasteiger partial charge in [0.25, 0.3) is 0 Å². The molecule has 1 unspecified atom stereocenters. The first kappa shape index (κ1) is 16.1. The minimum absolute atomic E-state index is 0.665. The second-order valence-electron chi connectivity index (χ2n) is 5.80. The van der Waals surface area contributed by atoms with E-state index in [1.807, 2.05) is 42.5 Å². The monoisotopic (exact) mass is 350 g/mol. The molecule has 25 heavy (non-hydrogen) atoms. The molecule has 0 radical (unpaired) electrons. The maximum absolute atomic E-state index is 6.35. The summed E-state index contributed by atoms with van der Waals surface area (Å²) in [5, 5.41) is 1.11. The van der Waals surface area contributed by atoms with Gasteiger partial charge in [0, 0.05) is 12.7 Å². The summed E-state index contributed by atoms with van der Waals surface area (Å²) >= 11 is 0. The predicted octanol–water partition coefficient (Wildman–Crippen LogP) is 4.95. The third-order valence-electron chi connectivity index (χ3n) is 4.19. The van der Waals surface area contributed by atoms with Gasteiger partial charge in [-0.25, -0.2) is 0 Å². The molecule has 0 fully saturated rings. The molecule has 0 aliphatic carbocycles. The zero-order valence-corrected chi connectivity index (χ0v) is 14.9. The fourth-order valence-corrected chi connectivity index (χ4v) is 4.46. The summed E-state index contributed by atoms with van der Waals surface area (Å²) in [6.07, 6.45) is 0.814. The standard InChI is InChI=1S/C21H19O3P/c1-22-15-14-16-8-2-5-11-19(16)23-25-21-13-7-4-10-18(21)17-9-3-6-12-20(17)24-25/h2-13H,14-15H2,1H3. The van der Waals surface area contributed by atoms with Crippen molar-refractivity contribution in [3.8, 4) is 22.6 Å². The van der Waals surface area contributed by atoms with Crippen LogP contribution in [0.25, 0.3) is 11.1 Å². The third kappa shape index (κ3) is 3.26. The first-order valence-electron chi connectivity index (χ1n) is 8.28. The first-order chi connectivity index (χ1) is 12.4. The van der Waals surface area contributed by atoms with Crippen LogP contribution >= 0.6 is 8.38 Å². The second kappa shape index (κ2) is 7.26. The Labute approximate surface area is 149 Å². The Hall–Kier alpha value is -2.35. The van der Waals surface area contributed by atoms with Crippen LogP contribution in [0.2, 0.25) is 0 Å². The van der Waals surface area contributed by atoms with Crippen molar-refractivity contribution in [1.29, 1.82) is 0 Å². The molecule has 3 nitrogen and oxygen atoms in total. The molecule has 0 bridgehead atoms. The van der Waals surface area contributed by atoms with E-state index >= 15 is 0 Å². The number of methoxy groups -OCH3 is 1. The van der Waals surface area contributed by atoms with Crippen LogP contribution in [0.5, 0.6) is 11.5 Å². The van der Waals surface area contributed by atoms with Crippen LogP contribution in [0.4, 0.5) is 0 Å². The Morgan fingerprint density at radius 1 is 0.840 bits per heavy atom. The maximum Gasteiger partial charge on any atom is 0.326 e. The van der Waals surface area contributed by atoms with E-state index < -0.39 is 8.38 Å². The molecule has 1 atom stereocenters. The Bertz CT molecular complexity index is 878. The van der Waals surface area contributed by atoms with Gasteiger partial charge in [0.1, 0.15) is 11.5 Å². The van der Waals surface area contributed by atoms with E-state index in [0.717, 1.165) is 34.4 Å². The van der Waals surface area contributed by atoms with Gasteiger partial charge in [0.05, 0.1) is 11.9 Å². The molecule has 3 aromatic carbocycles. The summed E-state index contributed by atoms with van der Waals surface area (Å²) in [6, 6.07) is 24.5. The van der Waals surface area contributed by atoms with E-state index in [9.17, 15) is 0 Å². The molecule has 1 aliphatic heterocycles. The molecule has 0 amide bonds. The highest BCUT2D eigenvalue weighted by Crippen LogP contribution is 2.49. The van der Waals surface area contributed by atoms with Gasteiger partial charge in [0.2, 0.25) is 0 Å². The predicted molar refractivity (Wildman–Crippen MR) is 102 cm³/mol. The van der Waals surface area contributed by atoms with E-state index in [1.165, 1.54) is 5.56 Å². The summed E-state index contributed by atoms with van der Waals surface area (Å²) in [6.45, 7) is 0.665. The van der Waals surface area contributed by atoms with Crippen molar-refractivity contribution in [3.63, 3.8) is 0 Å². The van der Waals surface area contributed by atoms with E-state index in [1.54, 1.807) is 7.11 Å². The Kier molecular flexibility index (Phi) is 4.69. The van der Waals surface area contributed by atoms with Gasteiger partial charge in [-0.2, -0.15) is 0 Å². The number of ether oxygens (including phenoxy) is 1. The normalized spacial score (nSPS) is 15.0. The number of para-hydroxylation sites is 2. The molecule has 0 spiro atoms. The molecule has 0 N–H and O–H groups in total. The third-order valence-corrected chi connectivity index (χ3v) is 5.70. The topological polar surface area (TPSA) is 27.7 Å². The highest BCUT2D eigenvalue weighted by Gasteiger charge is 2.29. The summed E-state index contributed by atoms with van der Waals surface area (Å²) in [7, 11) is 0.491. The number of hydrogen-bond donors (Lipinski definition) is 0. The van der Waals surface area contributed by atoms with Gasteiger partial charge in [-0.15, -0.1) is 0 Å². The smallest absolute Gasteiger partial charge is 0.326 e. The van der Waals surface area contributed by atoms with Crippen molar-refractivity contribution < 1.29 is 13.8 Å². The lowest BCUT2D eigenvalue weighted by atomic mass is 10.0. The zero-order valence-electron chi connectivity index (χ0n) is 14.0. The molecule has 1 aliphatic rings. The lowest BCUT2D eigenvalue weighted by Crippen LogP contribution is -2.17. The Morgan fingerprint density at radius 3 is 2.44 bits per heavy atom. The molecule has 126 valence electrons. The van der Waals surface area contributed by atoms with Crippen LogP contribution < -0.4 is 14.4 Å². The van der Waals surface area contributed by atoms with Gasteiger partial charge in [0.15, 0.2) is 0 Å². The lowest BCUT2D eigenvalue weighted by Gasteiger charge is -2.27. The molecule has 4 heteroatoms. The molecule has 0 aromatic heterocycles. The van der Waals surface area contributed by atoms with Gasteiger partial charge < -0.3 is 13.8 Å². The van der Waals surface area contributed by atoms with Crippen LogP contribution in [0.15, 0.2) is 72.8 Å². The lowest BCUT2D eigenvalue weighted by molar-refractivity contribution is 0.202. The van der Waals surface area contributed by atoms with Crippen molar-refractivity contribution in [2.75, 3.05) is 13.7 Å². The molecular formula is C21H19O3P. The number of hydrogen-bond acceptors (Lipinski definition) is 3. The average molecular weight is 350 g/mol. The first-order valence-corrected chi connectivity index (χ1v) is 9.46. The number of benzene rings is 3. The van der Waals surface area contributed by atoms with Crippen molar-refractivity contribution in [2.45, 2.75) is 6.42 Å². The number of rotatable bonds is 5. The summed E-state index contributed by atoms with van der Waals surface area (Å²) in [4.78, 5) is 0. The maximum atomic E-state index is 6.35. The van der Waals surface area contributed by atoms with E-state index in [2.05, 4.69) is 30.3 Å². The SMILES string of the molecule is COCCc1ccccc1OP1Oc2ccccc2-c2ccccc21. The summed E-state index contributed by atoms with van der Waals surface area (Å²) in [5.41, 5.74) is 3.43. The van der Waals surface area contributed by atoms with Crippen LogP contribution in [0.3, 0.4) is 0 Å². The molecule has 0 saturated carbocycles. The molecule has 3 aromatic rings. The highest BCUT2D eigenvalue weighted by atomic mass is 31.2. The molecule has 1 heterocycles. The zero-order chi connectivity index (χ0) is 17.1. The number of fused-ring (bicyclic) bond motifs is 3. The van der Waals surface area contributed by atoms with E-state index in [0.29, 0.717) is 6.61 Å². The van der Waals surface area contributed by atoms with E-state index in [-0.39, 0.29) is 0 Å². The van der Waals surface area contributed by atoms with Gasteiger partial charge >= 0.3 is 8.38 Å².